The third-order valence-corrected chi connectivity index (χ3v) is 4.58. The van der Waals surface area contributed by atoms with Crippen LogP contribution in [0.25, 0.3) is 0 Å². The van der Waals surface area contributed by atoms with E-state index in [9.17, 15) is 5.26 Å². The number of hydrogen-bond acceptors (Lipinski definition) is 2. The quantitative estimate of drug-likeness (QED) is 0.837. The number of benzene rings is 2. The van der Waals surface area contributed by atoms with Crippen LogP contribution in [-0.4, -0.2) is 18.0 Å². The van der Waals surface area contributed by atoms with Crippen molar-refractivity contribution in [1.29, 1.82) is 5.26 Å². The third kappa shape index (κ3) is 3.34. The molecular weight excluding hydrogens is 324 g/mol. The molecule has 106 valence electrons. The fourth-order valence-electron chi connectivity index (χ4n) is 3.06. The van der Waals surface area contributed by atoms with Crippen LogP contribution in [-0.2, 0) is 6.54 Å². The highest BCUT2D eigenvalue weighted by Crippen LogP contribution is 2.34. The molecule has 0 N–H and O–H groups in total. The molecule has 3 rings (SSSR count). The fraction of sp³-hybridized carbons (Fsp3) is 0.278. The molecule has 0 radical (unpaired) electrons. The summed E-state index contributed by atoms with van der Waals surface area (Å²) in [4.78, 5) is 2.38. The van der Waals surface area contributed by atoms with E-state index in [1.807, 2.05) is 18.2 Å². The molecule has 0 bridgehead atoms. The number of nitriles is 1. The van der Waals surface area contributed by atoms with Gasteiger partial charge in [-0.05, 0) is 23.3 Å². The number of halogens is 1. The van der Waals surface area contributed by atoms with Crippen molar-refractivity contribution in [2.24, 2.45) is 5.92 Å². The molecule has 21 heavy (non-hydrogen) atoms. The predicted molar refractivity (Wildman–Crippen MR) is 87.7 cm³/mol. The van der Waals surface area contributed by atoms with Crippen LogP contribution in [0.3, 0.4) is 0 Å². The second-order valence-electron chi connectivity index (χ2n) is 5.58. The summed E-state index contributed by atoms with van der Waals surface area (Å²) >= 11 is 3.52. The van der Waals surface area contributed by atoms with E-state index in [2.05, 4.69) is 63.3 Å². The molecular formula is C18H17BrN2. The van der Waals surface area contributed by atoms with Gasteiger partial charge in [0, 0.05) is 30.0 Å². The van der Waals surface area contributed by atoms with Crippen molar-refractivity contribution in [3.05, 3.63) is 70.2 Å². The summed E-state index contributed by atoms with van der Waals surface area (Å²) in [5, 5.41) is 9.46. The maximum Gasteiger partial charge on any atom is 0.0676 e. The van der Waals surface area contributed by atoms with Gasteiger partial charge in [-0.2, -0.15) is 5.26 Å². The zero-order valence-electron chi connectivity index (χ0n) is 11.7. The molecule has 2 aromatic carbocycles. The van der Waals surface area contributed by atoms with E-state index in [1.165, 1.54) is 11.1 Å². The van der Waals surface area contributed by atoms with Gasteiger partial charge in [-0.1, -0.05) is 58.4 Å². The molecule has 1 aliphatic heterocycles. The predicted octanol–water partition coefficient (Wildman–Crippen LogP) is 4.19. The fourth-order valence-corrected chi connectivity index (χ4v) is 3.48. The number of nitrogens with zero attached hydrogens (tertiary/aromatic N) is 2. The van der Waals surface area contributed by atoms with Crippen molar-refractivity contribution in [3.8, 4) is 6.07 Å². The van der Waals surface area contributed by atoms with E-state index in [-0.39, 0.29) is 5.92 Å². The van der Waals surface area contributed by atoms with Crippen LogP contribution in [0.2, 0.25) is 0 Å². The molecule has 3 heteroatoms. The minimum Gasteiger partial charge on any atom is -0.297 e. The molecule has 0 aromatic heterocycles. The van der Waals surface area contributed by atoms with Crippen LogP contribution in [0, 0.1) is 17.2 Å². The van der Waals surface area contributed by atoms with Gasteiger partial charge >= 0.3 is 0 Å². The Hall–Kier alpha value is -1.63. The minimum absolute atomic E-state index is 0.0722. The van der Waals surface area contributed by atoms with Gasteiger partial charge in [-0.25, -0.2) is 0 Å². The van der Waals surface area contributed by atoms with Crippen molar-refractivity contribution in [2.75, 3.05) is 13.1 Å². The molecule has 0 saturated carbocycles. The Morgan fingerprint density at radius 1 is 1.10 bits per heavy atom. The van der Waals surface area contributed by atoms with Crippen molar-refractivity contribution in [3.63, 3.8) is 0 Å². The molecule has 1 fully saturated rings. The molecule has 1 saturated heterocycles. The smallest absolute Gasteiger partial charge is 0.0676 e. The summed E-state index contributed by atoms with van der Waals surface area (Å²) in [7, 11) is 0. The Kier molecular flexibility index (Phi) is 4.38. The molecule has 2 aromatic rings. The summed E-state index contributed by atoms with van der Waals surface area (Å²) < 4.78 is 1.08. The average molecular weight is 341 g/mol. The first-order valence-corrected chi connectivity index (χ1v) is 7.97. The van der Waals surface area contributed by atoms with Gasteiger partial charge in [0.25, 0.3) is 0 Å². The summed E-state index contributed by atoms with van der Waals surface area (Å²) in [5.74, 6) is 0.374. The van der Waals surface area contributed by atoms with Gasteiger partial charge in [-0.3, -0.25) is 4.90 Å². The SMILES string of the molecule is N#C[C@@H]1CN(Cc2ccccc2)C[C@H]1c1cccc(Br)c1. The van der Waals surface area contributed by atoms with Crippen LogP contribution in [0.5, 0.6) is 0 Å². The largest absolute Gasteiger partial charge is 0.297 e. The van der Waals surface area contributed by atoms with Crippen molar-refractivity contribution < 1.29 is 0 Å². The molecule has 0 spiro atoms. The van der Waals surface area contributed by atoms with Crippen molar-refractivity contribution in [2.45, 2.75) is 12.5 Å². The lowest BCUT2D eigenvalue weighted by Gasteiger charge is -2.16. The third-order valence-electron chi connectivity index (χ3n) is 4.09. The lowest BCUT2D eigenvalue weighted by atomic mass is 9.90. The molecule has 0 amide bonds. The second kappa shape index (κ2) is 6.43. The first kappa shape index (κ1) is 14.3. The van der Waals surface area contributed by atoms with E-state index in [4.69, 9.17) is 0 Å². The lowest BCUT2D eigenvalue weighted by Crippen LogP contribution is -2.20. The minimum atomic E-state index is 0.0722. The van der Waals surface area contributed by atoms with Crippen LogP contribution in [0.4, 0.5) is 0 Å². The van der Waals surface area contributed by atoms with Gasteiger partial charge in [0.1, 0.15) is 0 Å². The maximum atomic E-state index is 9.46. The molecule has 0 unspecified atom stereocenters. The molecule has 1 aliphatic rings. The van der Waals surface area contributed by atoms with Crippen molar-refractivity contribution >= 4 is 15.9 Å². The Balaban J connectivity index is 1.76. The Morgan fingerprint density at radius 2 is 1.90 bits per heavy atom. The lowest BCUT2D eigenvalue weighted by molar-refractivity contribution is 0.322. The summed E-state index contributed by atoms with van der Waals surface area (Å²) in [5.41, 5.74) is 2.57. The van der Waals surface area contributed by atoms with Crippen LogP contribution >= 0.6 is 15.9 Å². The first-order valence-electron chi connectivity index (χ1n) is 7.17. The van der Waals surface area contributed by atoms with Gasteiger partial charge in [-0.15, -0.1) is 0 Å². The molecule has 1 heterocycles. The average Bonchev–Trinajstić information content (AvgIpc) is 2.91. The highest BCUT2D eigenvalue weighted by Gasteiger charge is 2.33. The Bertz CT molecular complexity index is 648. The van der Waals surface area contributed by atoms with Crippen molar-refractivity contribution in [1.82, 2.24) is 4.90 Å². The number of likely N-dealkylation sites (tertiary alicyclic amines) is 1. The highest BCUT2D eigenvalue weighted by atomic mass is 79.9. The zero-order chi connectivity index (χ0) is 14.7. The van der Waals surface area contributed by atoms with Crippen LogP contribution in [0.1, 0.15) is 17.0 Å². The first-order chi connectivity index (χ1) is 10.3. The molecule has 2 atom stereocenters. The summed E-state index contributed by atoms with van der Waals surface area (Å²) in [6, 6.07) is 21.3. The standard InChI is InChI=1S/C18H17BrN2/c19-17-8-4-7-15(9-17)18-13-21(12-16(18)10-20)11-14-5-2-1-3-6-14/h1-9,16,18H,11-13H2/t16-,18+/m1/s1. The normalized spacial score (nSPS) is 22.1. The van der Waals surface area contributed by atoms with Gasteiger partial charge in [0.15, 0.2) is 0 Å². The highest BCUT2D eigenvalue weighted by molar-refractivity contribution is 9.10. The second-order valence-corrected chi connectivity index (χ2v) is 6.49. The van der Waals surface area contributed by atoms with Gasteiger partial charge < -0.3 is 0 Å². The van der Waals surface area contributed by atoms with Crippen LogP contribution < -0.4 is 0 Å². The number of hydrogen-bond donors (Lipinski definition) is 0. The van der Waals surface area contributed by atoms with Gasteiger partial charge in [0.05, 0.1) is 12.0 Å². The maximum absolute atomic E-state index is 9.46. The van der Waals surface area contributed by atoms with E-state index < -0.39 is 0 Å². The summed E-state index contributed by atoms with van der Waals surface area (Å²) in [6.07, 6.45) is 0. The van der Waals surface area contributed by atoms with Crippen LogP contribution in [0.15, 0.2) is 59.1 Å². The monoisotopic (exact) mass is 340 g/mol. The van der Waals surface area contributed by atoms with Gasteiger partial charge in [0.2, 0.25) is 0 Å². The van der Waals surface area contributed by atoms with E-state index in [0.29, 0.717) is 5.92 Å². The molecule has 2 nitrogen and oxygen atoms in total. The van der Waals surface area contributed by atoms with E-state index in [0.717, 1.165) is 24.1 Å². The molecule has 0 aliphatic carbocycles. The zero-order valence-corrected chi connectivity index (χ0v) is 13.3. The topological polar surface area (TPSA) is 27.0 Å². The Morgan fingerprint density at radius 3 is 2.62 bits per heavy atom. The number of rotatable bonds is 3. The van der Waals surface area contributed by atoms with E-state index >= 15 is 0 Å². The summed E-state index contributed by atoms with van der Waals surface area (Å²) in [6.45, 7) is 2.72. The van der Waals surface area contributed by atoms with E-state index in [1.54, 1.807) is 0 Å². The Labute approximate surface area is 134 Å².